The van der Waals surface area contributed by atoms with Crippen LogP contribution >= 0.6 is 0 Å². The number of nitrogens with one attached hydrogen (secondary N) is 2. The lowest BCUT2D eigenvalue weighted by Crippen LogP contribution is -2.38. The highest BCUT2D eigenvalue weighted by Crippen LogP contribution is 2.63. The van der Waals surface area contributed by atoms with E-state index in [2.05, 4.69) is 21.5 Å². The molecule has 5 unspecified atom stereocenters. The van der Waals surface area contributed by atoms with Crippen LogP contribution in [0.3, 0.4) is 0 Å². The van der Waals surface area contributed by atoms with Gasteiger partial charge in [-0.2, -0.15) is 5.10 Å². The first kappa shape index (κ1) is 16.1. The van der Waals surface area contributed by atoms with Crippen molar-refractivity contribution in [2.24, 2.45) is 28.8 Å². The Morgan fingerprint density at radius 3 is 3.19 bits per heavy atom. The van der Waals surface area contributed by atoms with Crippen LogP contribution in [-0.4, -0.2) is 47.0 Å². The quantitative estimate of drug-likeness (QED) is 0.661. The van der Waals surface area contributed by atoms with Crippen LogP contribution in [-0.2, 0) is 4.65 Å². The first-order valence-electron chi connectivity index (χ1n) is 10.3. The van der Waals surface area contributed by atoms with Gasteiger partial charge < -0.3 is 20.2 Å². The second kappa shape index (κ2) is 5.82. The van der Waals surface area contributed by atoms with Gasteiger partial charge in [-0.15, -0.1) is 0 Å². The first-order chi connectivity index (χ1) is 13.2. The van der Waals surface area contributed by atoms with E-state index in [-0.39, 0.29) is 0 Å². The molecule has 4 saturated carbocycles. The number of aromatic amines is 1. The minimum absolute atomic E-state index is 0.319. The summed E-state index contributed by atoms with van der Waals surface area (Å²) in [5, 5.41) is 17.3. The number of fused-ring (bicyclic) bond motifs is 3. The van der Waals surface area contributed by atoms with Gasteiger partial charge in [0.1, 0.15) is 5.65 Å². The molecule has 7 rings (SSSR count). The molecule has 27 heavy (non-hydrogen) atoms. The lowest BCUT2D eigenvalue weighted by Gasteiger charge is -2.33. The van der Waals surface area contributed by atoms with Gasteiger partial charge in [-0.3, -0.25) is 0 Å². The van der Waals surface area contributed by atoms with Crippen LogP contribution in [0.1, 0.15) is 37.7 Å². The summed E-state index contributed by atoms with van der Waals surface area (Å²) < 4.78 is 5.92. The zero-order valence-corrected chi connectivity index (χ0v) is 15.4. The summed E-state index contributed by atoms with van der Waals surface area (Å²) in [6.45, 7) is 1.54. The number of rotatable bonds is 1. The molecule has 3 N–H and O–H groups in total. The summed E-state index contributed by atoms with van der Waals surface area (Å²) in [6, 6.07) is 2.10. The molecule has 2 aromatic heterocycles. The highest BCUT2D eigenvalue weighted by atomic mass is 16.4. The SMILES string of the molecule is OC12CC3CC(C1)C(/C1=N/NCCCOBc4cnc5[nH]ccc5c41)C2C3. The number of hydrazone groups is 1. The number of aliphatic hydroxyl groups is 1. The van der Waals surface area contributed by atoms with E-state index in [0.717, 1.165) is 61.0 Å². The molecular weight excluding hydrogens is 339 g/mol. The van der Waals surface area contributed by atoms with E-state index in [0.29, 0.717) is 31.2 Å². The van der Waals surface area contributed by atoms with Crippen molar-refractivity contribution in [3.8, 4) is 0 Å². The lowest BCUT2D eigenvalue weighted by molar-refractivity contribution is 0.00919. The number of hydrogen-bond acceptors (Lipinski definition) is 5. The molecule has 4 bridgehead atoms. The molecule has 0 amide bonds. The summed E-state index contributed by atoms with van der Waals surface area (Å²) in [5.41, 5.74) is 7.12. The molecule has 2 aromatic rings. The summed E-state index contributed by atoms with van der Waals surface area (Å²) in [4.78, 5) is 7.83. The Kier molecular flexibility index (Phi) is 3.48. The Morgan fingerprint density at radius 2 is 2.26 bits per heavy atom. The van der Waals surface area contributed by atoms with Crippen LogP contribution in [0, 0.1) is 23.7 Å². The Balaban J connectivity index is 1.53. The molecule has 4 aliphatic carbocycles. The van der Waals surface area contributed by atoms with Crippen LogP contribution in [0.4, 0.5) is 0 Å². The third kappa shape index (κ3) is 2.34. The van der Waals surface area contributed by atoms with Crippen molar-refractivity contribution >= 4 is 29.7 Å². The summed E-state index contributed by atoms with van der Waals surface area (Å²) in [7, 11) is 0.567. The minimum Gasteiger partial charge on any atom is -0.434 e. The monoisotopic (exact) mass is 364 g/mol. The second-order valence-corrected chi connectivity index (χ2v) is 8.95. The topological polar surface area (TPSA) is 82.5 Å². The molecule has 3 heterocycles. The van der Waals surface area contributed by atoms with Crippen molar-refractivity contribution in [3.63, 3.8) is 0 Å². The molecule has 0 radical (unpaired) electrons. The van der Waals surface area contributed by atoms with Crippen molar-refractivity contribution in [1.82, 2.24) is 15.4 Å². The maximum Gasteiger partial charge on any atom is 0.310 e. The molecule has 0 aromatic carbocycles. The summed E-state index contributed by atoms with van der Waals surface area (Å²) in [5.74, 6) is 1.89. The van der Waals surface area contributed by atoms with E-state index in [9.17, 15) is 5.11 Å². The standard InChI is InChI=1S/C20H25BN4O2/c26-20-8-11-6-12(9-20)16(14(20)7-11)18-17-13-2-4-22-19(13)23-10-15(17)21-27-5-1-3-24-25-18/h2,4,10-12,14,16,21,24,26H,1,3,5-9H2,(H,22,23)/b25-18-. The van der Waals surface area contributed by atoms with E-state index >= 15 is 0 Å². The van der Waals surface area contributed by atoms with Gasteiger partial charge in [0.25, 0.3) is 0 Å². The highest BCUT2D eigenvalue weighted by Gasteiger charge is 2.63. The van der Waals surface area contributed by atoms with Crippen LogP contribution in [0.5, 0.6) is 0 Å². The minimum atomic E-state index is -0.475. The van der Waals surface area contributed by atoms with Crippen molar-refractivity contribution < 1.29 is 9.76 Å². The van der Waals surface area contributed by atoms with Crippen LogP contribution in [0.15, 0.2) is 23.6 Å². The van der Waals surface area contributed by atoms with Gasteiger partial charge in [0.15, 0.2) is 0 Å². The maximum atomic E-state index is 11.3. The zero-order chi connectivity index (χ0) is 18.0. The second-order valence-electron chi connectivity index (χ2n) is 8.95. The van der Waals surface area contributed by atoms with E-state index in [4.69, 9.17) is 9.76 Å². The first-order valence-corrected chi connectivity index (χ1v) is 10.3. The third-order valence-corrected chi connectivity index (χ3v) is 7.38. The average Bonchev–Trinajstić information content (AvgIpc) is 3.27. The molecule has 1 aliphatic heterocycles. The fourth-order valence-electron chi connectivity index (χ4n) is 6.52. The third-order valence-electron chi connectivity index (χ3n) is 7.38. The van der Waals surface area contributed by atoms with E-state index in [1.54, 1.807) is 0 Å². The molecule has 0 spiro atoms. The van der Waals surface area contributed by atoms with E-state index in [1.165, 1.54) is 12.0 Å². The molecule has 0 saturated heterocycles. The van der Waals surface area contributed by atoms with Crippen LogP contribution in [0.2, 0.25) is 0 Å². The van der Waals surface area contributed by atoms with Crippen molar-refractivity contribution in [2.75, 3.05) is 13.2 Å². The highest BCUT2D eigenvalue weighted by molar-refractivity contribution is 6.50. The van der Waals surface area contributed by atoms with Crippen molar-refractivity contribution in [1.29, 1.82) is 0 Å². The largest absolute Gasteiger partial charge is 0.434 e. The van der Waals surface area contributed by atoms with Crippen molar-refractivity contribution in [2.45, 2.75) is 37.7 Å². The Hall–Kier alpha value is -1.86. The number of H-pyrrole nitrogens is 1. The Morgan fingerprint density at radius 1 is 1.30 bits per heavy atom. The van der Waals surface area contributed by atoms with E-state index in [1.807, 2.05) is 12.4 Å². The van der Waals surface area contributed by atoms with Gasteiger partial charge in [-0.1, -0.05) is 0 Å². The predicted octanol–water partition coefficient (Wildman–Crippen LogP) is 1.05. The predicted molar refractivity (Wildman–Crippen MR) is 105 cm³/mol. The van der Waals surface area contributed by atoms with Gasteiger partial charge in [0.2, 0.25) is 0 Å². The van der Waals surface area contributed by atoms with Gasteiger partial charge in [0, 0.05) is 42.4 Å². The average molecular weight is 364 g/mol. The fraction of sp³-hybridized carbons (Fsp3) is 0.600. The molecule has 5 aliphatic rings. The zero-order valence-electron chi connectivity index (χ0n) is 15.4. The smallest absolute Gasteiger partial charge is 0.310 e. The number of nitrogens with zero attached hydrogens (tertiary/aromatic N) is 2. The Labute approximate surface area is 159 Å². The van der Waals surface area contributed by atoms with Crippen LogP contribution in [0.25, 0.3) is 11.0 Å². The fourth-order valence-corrected chi connectivity index (χ4v) is 6.52. The number of aromatic nitrogens is 2. The van der Waals surface area contributed by atoms with Gasteiger partial charge in [0.05, 0.1) is 11.3 Å². The number of hydrogen-bond donors (Lipinski definition) is 3. The lowest BCUT2D eigenvalue weighted by atomic mass is 9.70. The molecule has 5 atom stereocenters. The Bertz CT molecular complexity index is 928. The molecule has 4 fully saturated rings. The van der Waals surface area contributed by atoms with E-state index < -0.39 is 5.60 Å². The molecule has 6 nitrogen and oxygen atoms in total. The maximum absolute atomic E-state index is 11.3. The van der Waals surface area contributed by atoms with Gasteiger partial charge in [-0.25, -0.2) is 4.98 Å². The van der Waals surface area contributed by atoms with Gasteiger partial charge in [-0.05, 0) is 61.4 Å². The summed E-state index contributed by atoms with van der Waals surface area (Å²) in [6.07, 6.45) is 9.12. The normalized spacial score (nSPS) is 39.5. The molecular formula is C20H25BN4O2. The molecule has 7 heteroatoms. The molecule has 140 valence electrons. The van der Waals surface area contributed by atoms with Crippen molar-refractivity contribution in [3.05, 3.63) is 24.0 Å². The summed E-state index contributed by atoms with van der Waals surface area (Å²) >= 11 is 0. The van der Waals surface area contributed by atoms with Gasteiger partial charge >= 0.3 is 7.48 Å². The number of pyridine rings is 1. The van der Waals surface area contributed by atoms with Crippen LogP contribution < -0.4 is 10.9 Å².